The van der Waals surface area contributed by atoms with Crippen LogP contribution in [0.3, 0.4) is 0 Å². The number of allylic oxidation sites excluding steroid dienone is 1. The van der Waals surface area contributed by atoms with Crippen LogP contribution in [0.5, 0.6) is 0 Å². The lowest BCUT2D eigenvalue weighted by atomic mass is 9.99. The molecular formula is C23H19Cl4F3N2O2. The zero-order valence-electron chi connectivity index (χ0n) is 17.7. The minimum absolute atomic E-state index is 0.0565. The first-order valence-electron chi connectivity index (χ1n) is 10.1. The van der Waals surface area contributed by atoms with Crippen LogP contribution in [0.15, 0.2) is 36.4 Å². The predicted molar refractivity (Wildman–Crippen MR) is 129 cm³/mol. The zero-order valence-corrected chi connectivity index (χ0v) is 20.7. The fourth-order valence-electron chi connectivity index (χ4n) is 3.19. The first-order valence-corrected chi connectivity index (χ1v) is 11.6. The van der Waals surface area contributed by atoms with Gasteiger partial charge in [0.2, 0.25) is 5.91 Å². The molecule has 2 aromatic carbocycles. The van der Waals surface area contributed by atoms with E-state index in [9.17, 15) is 22.8 Å². The molecule has 2 amide bonds. The Morgan fingerprint density at radius 2 is 1.68 bits per heavy atom. The quantitative estimate of drug-likeness (QED) is 0.361. The number of hydrogen-bond donors (Lipinski definition) is 2. The molecule has 0 unspecified atom stereocenters. The largest absolute Gasteiger partial charge is 0.405 e. The van der Waals surface area contributed by atoms with Crippen LogP contribution in [-0.2, 0) is 4.79 Å². The number of carbonyl (C=O) groups is 2. The lowest BCUT2D eigenvalue weighted by Gasteiger charge is -2.18. The van der Waals surface area contributed by atoms with Crippen molar-refractivity contribution in [3.05, 3.63) is 73.2 Å². The molecule has 3 rings (SSSR count). The molecule has 4 nitrogen and oxygen atoms in total. The Labute approximate surface area is 214 Å². The van der Waals surface area contributed by atoms with Crippen molar-refractivity contribution in [3.8, 4) is 0 Å². The third-order valence-corrected chi connectivity index (χ3v) is 6.84. The van der Waals surface area contributed by atoms with E-state index in [0.29, 0.717) is 15.6 Å². The summed E-state index contributed by atoms with van der Waals surface area (Å²) in [6.45, 7) is 0.479. The maximum atomic E-state index is 12.6. The van der Waals surface area contributed by atoms with Gasteiger partial charge in [0.1, 0.15) is 12.1 Å². The Morgan fingerprint density at radius 3 is 2.21 bits per heavy atom. The average Bonchev–Trinajstić information content (AvgIpc) is 3.53. The van der Waals surface area contributed by atoms with Crippen LogP contribution < -0.4 is 10.6 Å². The summed E-state index contributed by atoms with van der Waals surface area (Å²) in [5.41, 5.74) is 0.332. The van der Waals surface area contributed by atoms with Crippen molar-refractivity contribution in [2.45, 2.75) is 37.4 Å². The van der Waals surface area contributed by atoms with E-state index in [4.69, 9.17) is 46.4 Å². The van der Waals surface area contributed by atoms with Crippen molar-refractivity contribution < 1.29 is 22.8 Å². The predicted octanol–water partition coefficient (Wildman–Crippen LogP) is 7.06. The second kappa shape index (κ2) is 10.4. The van der Waals surface area contributed by atoms with Crippen molar-refractivity contribution in [1.29, 1.82) is 0 Å². The van der Waals surface area contributed by atoms with Crippen LogP contribution in [0.2, 0.25) is 20.1 Å². The van der Waals surface area contributed by atoms with Crippen LogP contribution in [0, 0.1) is 0 Å². The summed E-state index contributed by atoms with van der Waals surface area (Å²) in [5.74, 6) is -1.57. The Balaban J connectivity index is 1.67. The molecular weight excluding hydrogens is 535 g/mol. The fourth-order valence-corrected chi connectivity index (χ4v) is 4.08. The number of rotatable bonds is 7. The summed E-state index contributed by atoms with van der Waals surface area (Å²) < 4.78 is 37.1. The van der Waals surface area contributed by atoms with E-state index in [1.165, 1.54) is 6.07 Å². The van der Waals surface area contributed by atoms with E-state index in [1.54, 1.807) is 24.3 Å². The van der Waals surface area contributed by atoms with E-state index in [-0.39, 0.29) is 34.4 Å². The maximum absolute atomic E-state index is 12.6. The van der Waals surface area contributed by atoms with Crippen LogP contribution in [0.4, 0.5) is 13.2 Å². The molecule has 0 aromatic heterocycles. The van der Waals surface area contributed by atoms with E-state index in [0.717, 1.165) is 5.56 Å². The molecule has 1 fully saturated rings. The number of alkyl halides is 3. The van der Waals surface area contributed by atoms with Crippen molar-refractivity contribution in [3.63, 3.8) is 0 Å². The highest BCUT2D eigenvalue weighted by Gasteiger charge is 2.52. The van der Waals surface area contributed by atoms with Gasteiger partial charge < -0.3 is 10.6 Å². The molecule has 11 heteroatoms. The molecule has 0 saturated heterocycles. The number of carbonyl (C=O) groups excluding carboxylic acids is 2. The second-order valence-electron chi connectivity index (χ2n) is 8.02. The van der Waals surface area contributed by atoms with E-state index in [2.05, 4.69) is 5.32 Å². The highest BCUT2D eigenvalue weighted by atomic mass is 35.5. The van der Waals surface area contributed by atoms with Gasteiger partial charge >= 0.3 is 6.18 Å². The van der Waals surface area contributed by atoms with Gasteiger partial charge in [0.15, 0.2) is 0 Å². The number of amides is 2. The van der Waals surface area contributed by atoms with Gasteiger partial charge in [-0.2, -0.15) is 13.2 Å². The molecule has 2 N–H and O–H groups in total. The molecule has 182 valence electrons. The summed E-state index contributed by atoms with van der Waals surface area (Å²) in [6.07, 6.45) is -0.339. The fraction of sp³-hybridized carbons (Fsp3) is 0.304. The second-order valence-corrected chi connectivity index (χ2v) is 9.62. The van der Waals surface area contributed by atoms with Crippen molar-refractivity contribution in [1.82, 2.24) is 10.6 Å². The number of hydrogen-bond acceptors (Lipinski definition) is 2. The molecule has 0 bridgehead atoms. The monoisotopic (exact) mass is 552 g/mol. The Bertz CT molecular complexity index is 1120. The SMILES string of the molecule is C[C@H](/C=C/c1ccc(C(=O)NC2(C(=O)NCC(F)(F)F)CC2)c(Cl)c1)c1cc(Cl)c(Cl)c(Cl)c1. The maximum Gasteiger partial charge on any atom is 0.405 e. The van der Waals surface area contributed by atoms with E-state index in [1.807, 2.05) is 24.4 Å². The van der Waals surface area contributed by atoms with Crippen molar-refractivity contribution >= 4 is 64.3 Å². The summed E-state index contributed by atoms with van der Waals surface area (Å²) in [5, 5.41) is 5.45. The Kier molecular flexibility index (Phi) is 8.13. The minimum Gasteiger partial charge on any atom is -0.345 e. The van der Waals surface area contributed by atoms with Crippen LogP contribution in [0.1, 0.15) is 47.2 Å². The topological polar surface area (TPSA) is 58.2 Å². The van der Waals surface area contributed by atoms with Gasteiger partial charge in [-0.05, 0) is 54.2 Å². The van der Waals surface area contributed by atoms with Gasteiger partial charge in [-0.1, -0.05) is 71.5 Å². The molecule has 0 radical (unpaired) electrons. The standard InChI is InChI=1S/C23H19Cl4F3N2O2/c1-12(14-9-17(25)19(27)18(26)10-14)2-3-13-4-5-15(16(24)8-13)20(33)32-22(6-7-22)21(34)31-11-23(28,29)30/h2-5,8-10,12H,6-7,11H2,1H3,(H,31,34)(H,32,33)/b3-2+/t12-/m1/s1. The third-order valence-electron chi connectivity index (χ3n) is 5.33. The molecule has 1 aliphatic carbocycles. The first-order chi connectivity index (χ1) is 15.8. The van der Waals surface area contributed by atoms with Crippen LogP contribution in [-0.4, -0.2) is 30.1 Å². The molecule has 0 spiro atoms. The van der Waals surface area contributed by atoms with Crippen LogP contribution >= 0.6 is 46.4 Å². The summed E-state index contributed by atoms with van der Waals surface area (Å²) in [4.78, 5) is 24.7. The smallest absolute Gasteiger partial charge is 0.345 e. The Hall–Kier alpha value is -1.93. The van der Waals surface area contributed by atoms with E-state index >= 15 is 0 Å². The number of nitrogens with one attached hydrogen (secondary N) is 2. The van der Waals surface area contributed by atoms with Gasteiger partial charge in [-0.15, -0.1) is 0 Å². The van der Waals surface area contributed by atoms with Crippen LogP contribution in [0.25, 0.3) is 6.08 Å². The van der Waals surface area contributed by atoms with Gasteiger partial charge in [0.25, 0.3) is 5.91 Å². The number of halogens is 7. The molecule has 1 aliphatic rings. The minimum atomic E-state index is -4.54. The highest BCUT2D eigenvalue weighted by molar-refractivity contribution is 6.48. The van der Waals surface area contributed by atoms with Gasteiger partial charge in [0.05, 0.1) is 25.7 Å². The summed E-state index contributed by atoms with van der Waals surface area (Å²) in [6, 6.07) is 8.18. The van der Waals surface area contributed by atoms with Gasteiger partial charge in [-0.3, -0.25) is 9.59 Å². The summed E-state index contributed by atoms with van der Waals surface area (Å²) >= 11 is 24.4. The van der Waals surface area contributed by atoms with Gasteiger partial charge in [0, 0.05) is 0 Å². The van der Waals surface area contributed by atoms with Crippen molar-refractivity contribution in [2.75, 3.05) is 6.54 Å². The molecule has 1 atom stereocenters. The molecule has 0 heterocycles. The molecule has 34 heavy (non-hydrogen) atoms. The normalized spacial score (nSPS) is 15.8. The molecule has 0 aliphatic heterocycles. The highest BCUT2D eigenvalue weighted by Crippen LogP contribution is 2.37. The number of benzene rings is 2. The summed E-state index contributed by atoms with van der Waals surface area (Å²) in [7, 11) is 0. The zero-order chi connectivity index (χ0) is 25.3. The Morgan fingerprint density at radius 1 is 1.06 bits per heavy atom. The first kappa shape index (κ1) is 26.7. The van der Waals surface area contributed by atoms with Crippen molar-refractivity contribution in [2.24, 2.45) is 0 Å². The average molecular weight is 554 g/mol. The lowest BCUT2D eigenvalue weighted by Crippen LogP contribution is -2.50. The molecule has 1 saturated carbocycles. The van der Waals surface area contributed by atoms with Gasteiger partial charge in [-0.25, -0.2) is 0 Å². The van der Waals surface area contributed by atoms with E-state index < -0.39 is 30.1 Å². The molecule has 2 aromatic rings. The lowest BCUT2D eigenvalue weighted by molar-refractivity contribution is -0.140. The third kappa shape index (κ3) is 6.60.